The molecule has 7 heteroatoms. The molecule has 4 bridgehead atoms. The van der Waals surface area contributed by atoms with E-state index in [-0.39, 0.29) is 0 Å². The van der Waals surface area contributed by atoms with E-state index in [0.717, 1.165) is 40.6 Å². The van der Waals surface area contributed by atoms with Crippen LogP contribution in [0.1, 0.15) is 54.0 Å². The van der Waals surface area contributed by atoms with Crippen LogP contribution in [0, 0.1) is 17.8 Å². The van der Waals surface area contributed by atoms with Gasteiger partial charge in [0, 0.05) is 25.6 Å². The van der Waals surface area contributed by atoms with Crippen molar-refractivity contribution in [1.29, 1.82) is 0 Å². The van der Waals surface area contributed by atoms with Crippen LogP contribution in [-0.2, 0) is 19.4 Å². The molecule has 1 N–H and O–H groups in total. The molecule has 0 aliphatic heterocycles. The van der Waals surface area contributed by atoms with Crippen molar-refractivity contribution in [1.82, 2.24) is 4.98 Å². The Morgan fingerprint density at radius 2 is 1.81 bits per heavy atom. The minimum absolute atomic E-state index is 0.341. The summed E-state index contributed by atoms with van der Waals surface area (Å²) in [5, 5.41) is 10.9. The van der Waals surface area contributed by atoms with Crippen molar-refractivity contribution >= 4 is 27.8 Å². The fourth-order valence-electron chi connectivity index (χ4n) is 5.96. The minimum atomic E-state index is 0.341. The molecule has 0 unspecified atom stereocenters. The van der Waals surface area contributed by atoms with Crippen molar-refractivity contribution in [3.05, 3.63) is 43.4 Å². The first kappa shape index (κ1) is 17.5. The van der Waals surface area contributed by atoms with Gasteiger partial charge in [-0.15, -0.1) is 22.7 Å². The minimum Gasteiger partial charge on any atom is -0.356 e. The third-order valence-corrected chi connectivity index (χ3v) is 8.53. The SMILES string of the molecule is [N-]=[N+]=NCc1ccc(CCc2csc(NC34CC5CC(CC(C5)C3)C4)n2)s1. The molecule has 4 fully saturated rings. The van der Waals surface area contributed by atoms with E-state index >= 15 is 0 Å². The lowest BCUT2D eigenvalue weighted by atomic mass is 9.53. The molecule has 0 atom stereocenters. The third kappa shape index (κ3) is 3.73. The van der Waals surface area contributed by atoms with E-state index < -0.39 is 0 Å². The topological polar surface area (TPSA) is 73.7 Å². The maximum atomic E-state index is 8.43. The van der Waals surface area contributed by atoms with E-state index in [9.17, 15) is 0 Å². The molecular weight excluding hydrogens is 374 g/mol. The predicted octanol–water partition coefficient (Wildman–Crippen LogP) is 6.18. The maximum absolute atomic E-state index is 8.43. The number of anilines is 1. The van der Waals surface area contributed by atoms with Crippen molar-refractivity contribution in [2.45, 2.75) is 63.5 Å². The summed E-state index contributed by atoms with van der Waals surface area (Å²) in [7, 11) is 0. The predicted molar refractivity (Wildman–Crippen MR) is 111 cm³/mol. The second kappa shape index (κ2) is 7.12. The molecule has 0 spiro atoms. The zero-order chi connectivity index (χ0) is 18.3. The molecule has 5 nitrogen and oxygen atoms in total. The number of aromatic nitrogens is 1. The zero-order valence-corrected chi connectivity index (χ0v) is 17.1. The highest BCUT2D eigenvalue weighted by Crippen LogP contribution is 2.56. The Kier molecular flexibility index (Phi) is 4.62. The monoisotopic (exact) mass is 399 g/mol. The number of thiophene rings is 1. The second-order valence-corrected chi connectivity index (χ2v) is 10.8. The van der Waals surface area contributed by atoms with Gasteiger partial charge >= 0.3 is 0 Å². The third-order valence-electron chi connectivity index (χ3n) is 6.60. The largest absolute Gasteiger partial charge is 0.356 e. The van der Waals surface area contributed by atoms with Gasteiger partial charge < -0.3 is 5.32 Å². The molecule has 142 valence electrons. The van der Waals surface area contributed by atoms with Gasteiger partial charge in [-0.1, -0.05) is 5.11 Å². The molecule has 4 aliphatic rings. The molecule has 0 saturated heterocycles. The quantitative estimate of drug-likeness (QED) is 0.343. The molecular formula is C20H25N5S2. The molecule has 6 rings (SSSR count). The molecule has 0 aromatic carbocycles. The maximum Gasteiger partial charge on any atom is 0.183 e. The van der Waals surface area contributed by atoms with Crippen LogP contribution in [0.2, 0.25) is 0 Å². The lowest BCUT2D eigenvalue weighted by molar-refractivity contribution is 0.0107. The molecule has 27 heavy (non-hydrogen) atoms. The summed E-state index contributed by atoms with van der Waals surface area (Å²) in [6.45, 7) is 0.455. The summed E-state index contributed by atoms with van der Waals surface area (Å²) in [6, 6.07) is 4.21. The van der Waals surface area contributed by atoms with Crippen molar-refractivity contribution in [3.8, 4) is 0 Å². The lowest BCUT2D eigenvalue weighted by Gasteiger charge is -2.56. The average molecular weight is 400 g/mol. The summed E-state index contributed by atoms with van der Waals surface area (Å²) >= 11 is 3.51. The number of hydrogen-bond acceptors (Lipinski definition) is 5. The Bertz CT molecular complexity index is 828. The molecule has 0 radical (unpaired) electrons. The van der Waals surface area contributed by atoms with Crippen LogP contribution in [-0.4, -0.2) is 10.5 Å². The van der Waals surface area contributed by atoms with E-state index in [1.54, 1.807) is 22.7 Å². The lowest BCUT2D eigenvalue weighted by Crippen LogP contribution is -2.54. The van der Waals surface area contributed by atoms with E-state index in [0.29, 0.717) is 12.1 Å². The fraction of sp³-hybridized carbons (Fsp3) is 0.650. The van der Waals surface area contributed by atoms with Crippen LogP contribution in [0.5, 0.6) is 0 Å². The van der Waals surface area contributed by atoms with Crippen LogP contribution in [0.25, 0.3) is 10.4 Å². The van der Waals surface area contributed by atoms with E-state index in [4.69, 9.17) is 10.5 Å². The van der Waals surface area contributed by atoms with Gasteiger partial charge in [-0.2, -0.15) is 0 Å². The molecule has 2 aromatic rings. The first-order valence-corrected chi connectivity index (χ1v) is 11.7. The summed E-state index contributed by atoms with van der Waals surface area (Å²) in [5.74, 6) is 2.88. The van der Waals surface area contributed by atoms with Gasteiger partial charge in [-0.25, -0.2) is 4.98 Å². The normalized spacial score (nSPS) is 31.0. The molecule has 4 aliphatic carbocycles. The van der Waals surface area contributed by atoms with E-state index in [1.807, 2.05) is 0 Å². The summed E-state index contributed by atoms with van der Waals surface area (Å²) in [4.78, 5) is 10.2. The average Bonchev–Trinajstić information content (AvgIpc) is 3.26. The van der Waals surface area contributed by atoms with Crippen LogP contribution >= 0.6 is 22.7 Å². The summed E-state index contributed by atoms with van der Waals surface area (Å²) in [5.41, 5.74) is 9.96. The Morgan fingerprint density at radius 3 is 2.52 bits per heavy atom. The molecule has 0 amide bonds. The van der Waals surface area contributed by atoms with Gasteiger partial charge in [0.05, 0.1) is 12.2 Å². The first-order valence-electron chi connectivity index (χ1n) is 10.0. The first-order chi connectivity index (χ1) is 13.2. The smallest absolute Gasteiger partial charge is 0.183 e. The molecule has 2 heterocycles. The van der Waals surface area contributed by atoms with Crippen molar-refractivity contribution < 1.29 is 0 Å². The fourth-order valence-corrected chi connectivity index (χ4v) is 7.76. The Balaban J connectivity index is 1.19. The highest BCUT2D eigenvalue weighted by molar-refractivity contribution is 7.13. The standard InChI is InChI=1S/C20H25N5S2/c21-25-22-11-18-4-3-17(27-18)2-1-16-12-26-19(23-16)24-20-8-13-5-14(9-20)7-15(6-13)10-20/h3-4,12-15H,1-2,5-11H2,(H,23,24). The number of azide groups is 1. The summed E-state index contributed by atoms with van der Waals surface area (Å²) < 4.78 is 0. The number of aryl methyl sites for hydroxylation is 2. The van der Waals surface area contributed by atoms with E-state index in [2.05, 4.69) is 32.9 Å². The Morgan fingerprint density at radius 1 is 1.11 bits per heavy atom. The number of rotatable bonds is 7. The van der Waals surface area contributed by atoms with Crippen LogP contribution in [0.4, 0.5) is 5.13 Å². The molecule has 4 saturated carbocycles. The van der Waals surface area contributed by atoms with Gasteiger partial charge in [0.1, 0.15) is 0 Å². The molecule has 2 aromatic heterocycles. The van der Waals surface area contributed by atoms with Gasteiger partial charge in [-0.05, 0) is 86.8 Å². The van der Waals surface area contributed by atoms with Gasteiger partial charge in [0.25, 0.3) is 0 Å². The van der Waals surface area contributed by atoms with E-state index in [1.165, 1.54) is 49.1 Å². The van der Waals surface area contributed by atoms with Crippen molar-refractivity contribution in [3.63, 3.8) is 0 Å². The Labute approximate surface area is 167 Å². The van der Waals surface area contributed by atoms with Gasteiger partial charge in [-0.3, -0.25) is 0 Å². The highest BCUT2D eigenvalue weighted by Gasteiger charge is 2.51. The Hall–Kier alpha value is -1.56. The van der Waals surface area contributed by atoms with Crippen LogP contribution in [0.3, 0.4) is 0 Å². The number of nitrogens with one attached hydrogen (secondary N) is 1. The van der Waals surface area contributed by atoms with Gasteiger partial charge in [0.15, 0.2) is 5.13 Å². The zero-order valence-electron chi connectivity index (χ0n) is 15.4. The number of hydrogen-bond donors (Lipinski definition) is 1. The number of nitrogens with zero attached hydrogens (tertiary/aromatic N) is 4. The highest BCUT2D eigenvalue weighted by atomic mass is 32.1. The van der Waals surface area contributed by atoms with Crippen molar-refractivity contribution in [2.24, 2.45) is 22.9 Å². The number of thiazole rings is 1. The van der Waals surface area contributed by atoms with Crippen LogP contribution in [0.15, 0.2) is 22.6 Å². The second-order valence-electron chi connectivity index (χ2n) is 8.72. The van der Waals surface area contributed by atoms with Crippen LogP contribution < -0.4 is 5.32 Å². The van der Waals surface area contributed by atoms with Crippen molar-refractivity contribution in [2.75, 3.05) is 5.32 Å². The van der Waals surface area contributed by atoms with Gasteiger partial charge in [0.2, 0.25) is 0 Å². The summed E-state index contributed by atoms with van der Waals surface area (Å²) in [6.07, 6.45) is 10.5.